The van der Waals surface area contributed by atoms with Gasteiger partial charge in [-0.1, -0.05) is 82.7 Å². The predicted molar refractivity (Wildman–Crippen MR) is 167 cm³/mol. The highest BCUT2D eigenvalue weighted by Crippen LogP contribution is 2.67. The minimum Gasteiger partial charge on any atom is -0.611 e. The van der Waals surface area contributed by atoms with Crippen LogP contribution in [0.15, 0.2) is 88.4 Å². The standard InChI is InChI=1S/C37H46O3S/c1-25(24-41(39)27-14-10-7-11-15-27)29-17-18-30-28-16-19-32-35(2,3)33(40-34(38)26-12-8-6-9-13-26)21-23-37(32,5)31(28)20-22-36(29,30)4/h6-15,18,25,29,32-33H,16-17,19-24H2,1-5H3/t25-,29-,32+,33+,36-,37-,41?/m1/s1. The molecular weight excluding hydrogens is 524 g/mol. The lowest BCUT2D eigenvalue weighted by atomic mass is 9.46. The van der Waals surface area contributed by atoms with Gasteiger partial charge in [0.25, 0.3) is 0 Å². The van der Waals surface area contributed by atoms with Gasteiger partial charge in [-0.15, -0.1) is 0 Å². The molecule has 1 unspecified atom stereocenters. The van der Waals surface area contributed by atoms with E-state index in [1.807, 2.05) is 60.7 Å². The Balaban J connectivity index is 1.20. The molecule has 0 amide bonds. The molecule has 0 bridgehead atoms. The number of hydrogen-bond donors (Lipinski definition) is 0. The fourth-order valence-electron chi connectivity index (χ4n) is 9.57. The smallest absolute Gasteiger partial charge is 0.338 e. The van der Waals surface area contributed by atoms with Crippen LogP contribution >= 0.6 is 0 Å². The summed E-state index contributed by atoms with van der Waals surface area (Å²) in [5, 5.41) is 0. The Kier molecular flexibility index (Phi) is 7.56. The van der Waals surface area contributed by atoms with E-state index in [0.717, 1.165) is 49.2 Å². The van der Waals surface area contributed by atoms with Gasteiger partial charge in [0.1, 0.15) is 11.9 Å². The van der Waals surface area contributed by atoms with Crippen molar-refractivity contribution in [2.24, 2.45) is 34.0 Å². The zero-order valence-corrected chi connectivity index (χ0v) is 26.3. The van der Waals surface area contributed by atoms with Crippen molar-refractivity contribution in [2.75, 3.05) is 5.75 Å². The topological polar surface area (TPSA) is 49.4 Å². The fourth-order valence-corrected chi connectivity index (χ4v) is 10.9. The Hall–Kier alpha value is -2.30. The predicted octanol–water partition coefficient (Wildman–Crippen LogP) is 8.94. The average Bonchev–Trinajstić information content (AvgIpc) is 3.33. The van der Waals surface area contributed by atoms with Crippen LogP contribution in [-0.4, -0.2) is 22.4 Å². The van der Waals surface area contributed by atoms with Crippen molar-refractivity contribution in [2.45, 2.75) is 90.6 Å². The van der Waals surface area contributed by atoms with Gasteiger partial charge in [0.2, 0.25) is 0 Å². The third-order valence-corrected chi connectivity index (χ3v) is 13.4. The van der Waals surface area contributed by atoms with Crippen LogP contribution in [-0.2, 0) is 15.9 Å². The molecule has 0 aliphatic heterocycles. The molecule has 1 saturated carbocycles. The first-order valence-corrected chi connectivity index (χ1v) is 17.0. The third kappa shape index (κ3) is 4.83. The first kappa shape index (κ1) is 28.8. The SMILES string of the molecule is C[C@H](C[S+]([O-])c1ccccc1)[C@H]1CC=C2C3=C(CC[C@@]21C)[C@@]1(C)CC[C@H](OC(=O)c2ccccc2)C(C)(C)[C@@H]1CC3. The Labute approximate surface area is 250 Å². The van der Waals surface area contributed by atoms with Gasteiger partial charge in [-0.05, 0) is 114 Å². The molecule has 6 rings (SSSR count). The summed E-state index contributed by atoms with van der Waals surface area (Å²) in [5.41, 5.74) is 5.82. The highest BCUT2D eigenvalue weighted by molar-refractivity contribution is 7.91. The van der Waals surface area contributed by atoms with Crippen molar-refractivity contribution in [3.8, 4) is 0 Å². The summed E-state index contributed by atoms with van der Waals surface area (Å²) in [7, 11) is 0. The first-order chi connectivity index (χ1) is 19.6. The molecule has 2 aromatic rings. The van der Waals surface area contributed by atoms with E-state index in [9.17, 15) is 9.35 Å². The van der Waals surface area contributed by atoms with Crippen LogP contribution in [0.2, 0.25) is 0 Å². The van der Waals surface area contributed by atoms with E-state index >= 15 is 0 Å². The largest absolute Gasteiger partial charge is 0.611 e. The fraction of sp³-hybridized carbons (Fsp3) is 0.541. The van der Waals surface area contributed by atoms with Crippen LogP contribution in [0.1, 0.15) is 89.9 Å². The second kappa shape index (κ2) is 10.8. The number of esters is 1. The van der Waals surface area contributed by atoms with Crippen LogP contribution in [0, 0.1) is 34.0 Å². The summed E-state index contributed by atoms with van der Waals surface area (Å²) in [6.45, 7) is 12.0. The van der Waals surface area contributed by atoms with Crippen molar-refractivity contribution >= 4 is 17.1 Å². The average molecular weight is 571 g/mol. The van der Waals surface area contributed by atoms with E-state index in [2.05, 4.69) is 40.7 Å². The number of fused-ring (bicyclic) bond motifs is 4. The monoisotopic (exact) mass is 570 g/mol. The summed E-state index contributed by atoms with van der Waals surface area (Å²) in [4.78, 5) is 14.0. The molecule has 0 N–H and O–H groups in total. The second-order valence-electron chi connectivity index (χ2n) is 14.3. The van der Waals surface area contributed by atoms with Crippen molar-refractivity contribution in [1.29, 1.82) is 0 Å². The summed E-state index contributed by atoms with van der Waals surface area (Å²) >= 11 is -0.960. The van der Waals surface area contributed by atoms with E-state index in [-0.39, 0.29) is 28.3 Å². The van der Waals surface area contributed by atoms with Crippen molar-refractivity contribution in [1.82, 2.24) is 0 Å². The van der Waals surface area contributed by atoms with Gasteiger partial charge in [0, 0.05) is 11.3 Å². The summed E-state index contributed by atoms with van der Waals surface area (Å²) < 4.78 is 19.4. The lowest BCUT2D eigenvalue weighted by Crippen LogP contribution is -2.54. The maximum atomic E-state index is 13.2. The molecule has 2 aromatic carbocycles. The zero-order chi connectivity index (χ0) is 29.0. The minimum absolute atomic E-state index is 0.0642. The number of hydrogen-bond acceptors (Lipinski definition) is 3. The second-order valence-corrected chi connectivity index (χ2v) is 15.8. The maximum absolute atomic E-state index is 13.2. The number of carbonyl (C=O) groups is 1. The van der Waals surface area contributed by atoms with E-state index in [1.54, 1.807) is 16.7 Å². The summed E-state index contributed by atoms with van der Waals surface area (Å²) in [6.07, 6.45) is 10.2. The summed E-state index contributed by atoms with van der Waals surface area (Å²) in [6, 6.07) is 19.4. The number of ether oxygens (including phenoxy) is 1. The molecule has 4 aliphatic rings. The molecule has 4 aliphatic carbocycles. The third-order valence-electron chi connectivity index (χ3n) is 11.8. The highest BCUT2D eigenvalue weighted by Gasteiger charge is 2.58. The molecule has 0 aromatic heterocycles. The molecule has 0 saturated heterocycles. The van der Waals surface area contributed by atoms with Gasteiger partial charge in [-0.25, -0.2) is 4.79 Å². The van der Waals surface area contributed by atoms with Gasteiger partial charge in [-0.3, -0.25) is 0 Å². The number of rotatable bonds is 6. The molecule has 0 heterocycles. The molecule has 0 spiro atoms. The number of benzene rings is 2. The van der Waals surface area contributed by atoms with Crippen LogP contribution in [0.3, 0.4) is 0 Å². The van der Waals surface area contributed by atoms with E-state index in [1.165, 1.54) is 6.42 Å². The Morgan fingerprint density at radius 3 is 2.34 bits per heavy atom. The molecule has 3 nitrogen and oxygen atoms in total. The lowest BCUT2D eigenvalue weighted by molar-refractivity contribution is -0.0993. The van der Waals surface area contributed by atoms with Crippen LogP contribution in [0.5, 0.6) is 0 Å². The van der Waals surface area contributed by atoms with Crippen LogP contribution in [0.4, 0.5) is 0 Å². The molecule has 218 valence electrons. The highest BCUT2D eigenvalue weighted by atomic mass is 32.2. The molecular formula is C37H46O3S. The van der Waals surface area contributed by atoms with E-state index < -0.39 is 11.2 Å². The maximum Gasteiger partial charge on any atom is 0.338 e. The summed E-state index contributed by atoms with van der Waals surface area (Å²) in [5.74, 6) is 1.96. The molecule has 41 heavy (non-hydrogen) atoms. The quantitative estimate of drug-likeness (QED) is 0.257. The van der Waals surface area contributed by atoms with Gasteiger partial charge < -0.3 is 9.29 Å². The lowest BCUT2D eigenvalue weighted by Gasteiger charge is -2.59. The van der Waals surface area contributed by atoms with Gasteiger partial charge in [0.15, 0.2) is 4.90 Å². The van der Waals surface area contributed by atoms with E-state index in [0.29, 0.717) is 23.3 Å². The molecule has 1 fully saturated rings. The van der Waals surface area contributed by atoms with E-state index in [4.69, 9.17) is 4.74 Å². The van der Waals surface area contributed by atoms with Gasteiger partial charge >= 0.3 is 5.97 Å². The zero-order valence-electron chi connectivity index (χ0n) is 25.5. The number of carbonyl (C=O) groups excluding carboxylic acids is 1. The Bertz CT molecular complexity index is 1340. The Morgan fingerprint density at radius 2 is 1.63 bits per heavy atom. The van der Waals surface area contributed by atoms with Crippen LogP contribution < -0.4 is 0 Å². The first-order valence-electron chi connectivity index (χ1n) is 15.7. The van der Waals surface area contributed by atoms with Gasteiger partial charge in [-0.2, -0.15) is 0 Å². The molecule has 7 atom stereocenters. The minimum atomic E-state index is -0.960. The normalized spacial score (nSPS) is 33.6. The van der Waals surface area contributed by atoms with Crippen LogP contribution in [0.25, 0.3) is 0 Å². The molecule has 0 radical (unpaired) electrons. The van der Waals surface area contributed by atoms with Crippen molar-refractivity contribution < 1.29 is 14.1 Å². The Morgan fingerprint density at radius 1 is 0.951 bits per heavy atom. The van der Waals surface area contributed by atoms with Crippen molar-refractivity contribution in [3.63, 3.8) is 0 Å². The van der Waals surface area contributed by atoms with Crippen molar-refractivity contribution in [3.05, 3.63) is 89.0 Å². The molecule has 4 heteroatoms. The number of allylic oxidation sites excluding steroid dienone is 4. The van der Waals surface area contributed by atoms with Gasteiger partial charge in [0.05, 0.1) is 5.56 Å².